The molecule has 0 fully saturated rings. The van der Waals surface area contributed by atoms with Gasteiger partial charge in [-0.15, -0.1) is 0 Å². The summed E-state index contributed by atoms with van der Waals surface area (Å²) in [6.45, 7) is 1.41. The molecule has 0 amide bonds. The van der Waals surface area contributed by atoms with Crippen molar-refractivity contribution in [1.82, 2.24) is 0 Å². The summed E-state index contributed by atoms with van der Waals surface area (Å²) >= 11 is 0. The number of allylic oxidation sites excluding steroid dienone is 1. The molecule has 1 heterocycles. The average Bonchev–Trinajstić information content (AvgIpc) is 1.98. The van der Waals surface area contributed by atoms with Crippen molar-refractivity contribution in [2.45, 2.75) is 6.92 Å². The van der Waals surface area contributed by atoms with Gasteiger partial charge in [-0.3, -0.25) is 13.9 Å². The van der Waals surface area contributed by atoms with Crippen LogP contribution in [0.15, 0.2) is 11.4 Å². The minimum Gasteiger partial charge on any atom is -0.309 e. The lowest BCUT2D eigenvalue weighted by Crippen LogP contribution is -2.11. The van der Waals surface area contributed by atoms with Crippen molar-refractivity contribution < 1.29 is 18.4 Å². The predicted molar refractivity (Wildman–Crippen MR) is 39.3 cm³/mol. The lowest BCUT2D eigenvalue weighted by atomic mass is 10.4. The van der Waals surface area contributed by atoms with E-state index in [-0.39, 0.29) is 12.4 Å². The SMILES string of the molecule is COP1(=O)OCC(=O)C=C1C. The molecule has 0 saturated carbocycles. The zero-order valence-electron chi connectivity index (χ0n) is 6.36. The van der Waals surface area contributed by atoms with Gasteiger partial charge in [0.15, 0.2) is 5.78 Å². The second-order valence-electron chi connectivity index (χ2n) is 2.21. The molecule has 11 heavy (non-hydrogen) atoms. The standard InChI is InChI=1S/C6H9O4P/c1-5-3-6(7)4-10-11(5,8)9-2/h3H,4H2,1-2H3. The second kappa shape index (κ2) is 2.89. The Balaban J connectivity index is 2.97. The highest BCUT2D eigenvalue weighted by atomic mass is 31.2. The van der Waals surface area contributed by atoms with E-state index in [1.54, 1.807) is 6.92 Å². The highest BCUT2D eigenvalue weighted by molar-refractivity contribution is 7.58. The number of hydrogen-bond donors (Lipinski definition) is 0. The Labute approximate surface area is 64.7 Å². The fraction of sp³-hybridized carbons (Fsp3) is 0.500. The lowest BCUT2D eigenvalue weighted by Gasteiger charge is -2.19. The van der Waals surface area contributed by atoms with Crippen LogP contribution >= 0.6 is 7.60 Å². The van der Waals surface area contributed by atoms with E-state index >= 15 is 0 Å². The first-order chi connectivity index (χ1) is 5.08. The normalized spacial score (nSPS) is 31.8. The van der Waals surface area contributed by atoms with Gasteiger partial charge in [0.2, 0.25) is 0 Å². The zero-order chi connectivity index (χ0) is 8.48. The Morgan fingerprint density at radius 2 is 2.36 bits per heavy atom. The Morgan fingerprint density at radius 1 is 1.73 bits per heavy atom. The average molecular weight is 176 g/mol. The summed E-state index contributed by atoms with van der Waals surface area (Å²) in [5, 5.41) is 0.372. The lowest BCUT2D eigenvalue weighted by molar-refractivity contribution is -0.117. The van der Waals surface area contributed by atoms with Gasteiger partial charge in [-0.2, -0.15) is 0 Å². The molecule has 1 aliphatic rings. The van der Waals surface area contributed by atoms with Crippen molar-refractivity contribution in [3.8, 4) is 0 Å². The Bertz CT molecular complexity index is 255. The van der Waals surface area contributed by atoms with Gasteiger partial charge < -0.3 is 4.52 Å². The van der Waals surface area contributed by atoms with Crippen LogP contribution in [0.25, 0.3) is 0 Å². The smallest absolute Gasteiger partial charge is 0.309 e. The first-order valence-electron chi connectivity index (χ1n) is 3.10. The number of hydrogen-bond acceptors (Lipinski definition) is 4. The van der Waals surface area contributed by atoms with Crippen molar-refractivity contribution in [3.63, 3.8) is 0 Å². The van der Waals surface area contributed by atoms with E-state index in [1.807, 2.05) is 0 Å². The summed E-state index contributed by atoms with van der Waals surface area (Å²) in [7, 11) is -1.78. The van der Waals surface area contributed by atoms with Crippen molar-refractivity contribution in [1.29, 1.82) is 0 Å². The highest BCUT2D eigenvalue weighted by Crippen LogP contribution is 2.56. The maximum atomic E-state index is 11.4. The molecule has 0 spiro atoms. The summed E-state index contributed by atoms with van der Waals surface area (Å²) in [6, 6.07) is 0. The molecule has 0 saturated heterocycles. The quantitative estimate of drug-likeness (QED) is 0.565. The number of rotatable bonds is 1. The van der Waals surface area contributed by atoms with Crippen LogP contribution in [0.5, 0.6) is 0 Å². The van der Waals surface area contributed by atoms with Crippen molar-refractivity contribution in [2.24, 2.45) is 0 Å². The Morgan fingerprint density at radius 3 is 2.82 bits per heavy atom. The molecular formula is C6H9O4P. The van der Waals surface area contributed by atoms with Crippen LogP contribution in [-0.2, 0) is 18.4 Å². The van der Waals surface area contributed by atoms with Gasteiger partial charge in [0, 0.05) is 12.4 Å². The van der Waals surface area contributed by atoms with Gasteiger partial charge in [0.25, 0.3) is 0 Å². The van der Waals surface area contributed by atoms with Gasteiger partial charge in [-0.25, -0.2) is 0 Å². The van der Waals surface area contributed by atoms with Crippen molar-refractivity contribution in [2.75, 3.05) is 13.7 Å². The van der Waals surface area contributed by atoms with Gasteiger partial charge >= 0.3 is 7.60 Å². The molecule has 0 aliphatic carbocycles. The summed E-state index contributed by atoms with van der Waals surface area (Å²) in [4.78, 5) is 10.7. The van der Waals surface area contributed by atoms with E-state index in [4.69, 9.17) is 4.52 Å². The van der Waals surface area contributed by atoms with Crippen LogP contribution in [0.3, 0.4) is 0 Å². The van der Waals surface area contributed by atoms with Crippen LogP contribution in [0.1, 0.15) is 6.92 Å². The van der Waals surface area contributed by atoms with Crippen LogP contribution in [0.2, 0.25) is 0 Å². The fourth-order valence-corrected chi connectivity index (χ4v) is 2.00. The molecule has 1 atom stereocenters. The van der Waals surface area contributed by atoms with Gasteiger partial charge in [0.05, 0.1) is 0 Å². The van der Waals surface area contributed by atoms with Gasteiger partial charge in [0.1, 0.15) is 6.61 Å². The van der Waals surface area contributed by atoms with E-state index in [2.05, 4.69) is 4.52 Å². The van der Waals surface area contributed by atoms with Gasteiger partial charge in [-0.05, 0) is 13.0 Å². The molecule has 0 aromatic rings. The topological polar surface area (TPSA) is 52.6 Å². The number of carbonyl (C=O) groups is 1. The minimum absolute atomic E-state index is 0.150. The maximum Gasteiger partial charge on any atom is 0.357 e. The fourth-order valence-electron chi connectivity index (χ4n) is 0.801. The molecule has 0 aromatic carbocycles. The largest absolute Gasteiger partial charge is 0.357 e. The minimum atomic E-state index is -3.08. The first kappa shape index (κ1) is 8.65. The third kappa shape index (κ3) is 1.59. The molecule has 1 rings (SSSR count). The number of ketones is 1. The van der Waals surface area contributed by atoms with E-state index in [9.17, 15) is 9.36 Å². The molecule has 0 bridgehead atoms. The Kier molecular flexibility index (Phi) is 2.28. The van der Waals surface area contributed by atoms with E-state index in [1.165, 1.54) is 13.2 Å². The summed E-state index contributed by atoms with van der Waals surface area (Å²) in [5.74, 6) is -0.175. The highest BCUT2D eigenvalue weighted by Gasteiger charge is 2.30. The maximum absolute atomic E-state index is 11.4. The molecule has 5 heteroatoms. The molecule has 62 valence electrons. The van der Waals surface area contributed by atoms with Crippen LogP contribution in [-0.4, -0.2) is 19.5 Å². The molecular weight excluding hydrogens is 167 g/mol. The third-order valence-electron chi connectivity index (χ3n) is 1.42. The zero-order valence-corrected chi connectivity index (χ0v) is 7.26. The summed E-state index contributed by atoms with van der Waals surface area (Å²) in [6.07, 6.45) is 1.30. The molecule has 0 N–H and O–H groups in total. The van der Waals surface area contributed by atoms with E-state index in [0.29, 0.717) is 5.31 Å². The van der Waals surface area contributed by atoms with Crippen molar-refractivity contribution >= 4 is 13.4 Å². The second-order valence-corrected chi connectivity index (χ2v) is 4.53. The molecule has 0 aromatic heterocycles. The number of carbonyl (C=O) groups excluding carboxylic acids is 1. The molecule has 1 aliphatic heterocycles. The van der Waals surface area contributed by atoms with Gasteiger partial charge in [-0.1, -0.05) is 0 Å². The molecule has 4 nitrogen and oxygen atoms in total. The summed E-state index contributed by atoms with van der Waals surface area (Å²) in [5.41, 5.74) is 0. The van der Waals surface area contributed by atoms with Crippen LogP contribution in [0, 0.1) is 0 Å². The third-order valence-corrected chi connectivity index (χ3v) is 3.36. The molecule has 0 radical (unpaired) electrons. The van der Waals surface area contributed by atoms with Crippen LogP contribution < -0.4 is 0 Å². The Hall–Kier alpha value is -0.440. The first-order valence-corrected chi connectivity index (χ1v) is 4.65. The monoisotopic (exact) mass is 176 g/mol. The van der Waals surface area contributed by atoms with E-state index < -0.39 is 7.60 Å². The van der Waals surface area contributed by atoms with E-state index in [0.717, 1.165) is 0 Å². The van der Waals surface area contributed by atoms with Crippen LogP contribution in [0.4, 0.5) is 0 Å². The molecule has 1 unspecified atom stereocenters. The predicted octanol–water partition coefficient (Wildman–Crippen LogP) is 1.33. The van der Waals surface area contributed by atoms with Crippen molar-refractivity contribution in [3.05, 3.63) is 11.4 Å². The summed E-state index contributed by atoms with van der Waals surface area (Å²) < 4.78 is 20.8.